The summed E-state index contributed by atoms with van der Waals surface area (Å²) in [6.45, 7) is 1.33. The average Bonchev–Trinajstić information content (AvgIpc) is 2.84. The molecule has 0 radical (unpaired) electrons. The van der Waals surface area contributed by atoms with Crippen molar-refractivity contribution in [3.05, 3.63) is 53.3 Å². The van der Waals surface area contributed by atoms with Crippen molar-refractivity contribution < 1.29 is 9.53 Å². The first-order chi connectivity index (χ1) is 8.81. The van der Waals surface area contributed by atoms with Crippen LogP contribution >= 0.6 is 11.6 Å². The zero-order valence-corrected chi connectivity index (χ0v) is 10.6. The van der Waals surface area contributed by atoms with E-state index in [1.807, 2.05) is 35.0 Å². The van der Waals surface area contributed by atoms with Crippen molar-refractivity contribution in [1.82, 2.24) is 4.57 Å². The van der Waals surface area contributed by atoms with Crippen molar-refractivity contribution in [2.24, 2.45) is 0 Å². The Morgan fingerprint density at radius 2 is 2.06 bits per heavy atom. The van der Waals surface area contributed by atoms with Gasteiger partial charge in [0.25, 0.3) is 0 Å². The molecule has 3 nitrogen and oxygen atoms in total. The van der Waals surface area contributed by atoms with E-state index < -0.39 is 0 Å². The highest BCUT2D eigenvalue weighted by atomic mass is 35.5. The summed E-state index contributed by atoms with van der Waals surface area (Å²) in [5, 5.41) is 0.618. The van der Waals surface area contributed by atoms with Crippen LogP contribution in [0.2, 0.25) is 5.02 Å². The monoisotopic (exact) mass is 263 g/mol. The fraction of sp³-hybridized carbons (Fsp3) is 0.214. The van der Waals surface area contributed by atoms with Gasteiger partial charge in [-0.25, -0.2) is 0 Å². The van der Waals surface area contributed by atoms with E-state index in [0.717, 1.165) is 19.3 Å². The Kier molecular flexibility index (Phi) is 4.42. The van der Waals surface area contributed by atoms with Crippen LogP contribution in [-0.2, 0) is 6.54 Å². The number of para-hydroxylation sites is 1. The second-order valence-electron chi connectivity index (χ2n) is 3.88. The van der Waals surface area contributed by atoms with Crippen LogP contribution in [0, 0.1) is 0 Å². The minimum atomic E-state index is 0.570. The summed E-state index contributed by atoms with van der Waals surface area (Å²) in [7, 11) is 0. The number of carbonyl (C=O) groups is 1. The average molecular weight is 264 g/mol. The van der Waals surface area contributed by atoms with Gasteiger partial charge in [0.1, 0.15) is 5.75 Å². The van der Waals surface area contributed by atoms with Crippen LogP contribution in [-0.4, -0.2) is 17.5 Å². The highest BCUT2D eigenvalue weighted by molar-refractivity contribution is 6.32. The quantitative estimate of drug-likeness (QED) is 0.591. The van der Waals surface area contributed by atoms with Gasteiger partial charge in [-0.05, 0) is 30.7 Å². The van der Waals surface area contributed by atoms with Crippen LogP contribution < -0.4 is 4.74 Å². The van der Waals surface area contributed by atoms with E-state index in [4.69, 9.17) is 16.3 Å². The molecule has 1 aromatic carbocycles. The molecule has 0 aliphatic carbocycles. The van der Waals surface area contributed by atoms with Crippen molar-refractivity contribution in [3.63, 3.8) is 0 Å². The number of ether oxygens (including phenoxy) is 1. The van der Waals surface area contributed by atoms with Crippen LogP contribution in [0.5, 0.6) is 5.75 Å². The molecule has 0 fully saturated rings. The van der Waals surface area contributed by atoms with Crippen molar-refractivity contribution in [2.75, 3.05) is 6.61 Å². The topological polar surface area (TPSA) is 31.2 Å². The first-order valence-corrected chi connectivity index (χ1v) is 6.16. The molecule has 0 aliphatic rings. The SMILES string of the molecule is O=Cc1cccn1CCCOc1ccccc1Cl. The molecular weight excluding hydrogens is 250 g/mol. The van der Waals surface area contributed by atoms with Crippen molar-refractivity contribution >= 4 is 17.9 Å². The third-order valence-corrected chi connectivity index (χ3v) is 2.94. The predicted molar refractivity (Wildman–Crippen MR) is 71.4 cm³/mol. The molecule has 0 unspecified atom stereocenters. The van der Waals surface area contributed by atoms with E-state index in [1.165, 1.54) is 0 Å². The minimum absolute atomic E-state index is 0.570. The molecule has 0 saturated heterocycles. The van der Waals surface area contributed by atoms with Gasteiger partial charge in [0, 0.05) is 12.7 Å². The van der Waals surface area contributed by atoms with Gasteiger partial charge in [0.2, 0.25) is 0 Å². The molecule has 0 N–H and O–H groups in total. The Bertz CT molecular complexity index is 522. The fourth-order valence-corrected chi connectivity index (χ4v) is 1.91. The van der Waals surface area contributed by atoms with Gasteiger partial charge in [-0.2, -0.15) is 0 Å². The van der Waals surface area contributed by atoms with Gasteiger partial charge in [-0.15, -0.1) is 0 Å². The van der Waals surface area contributed by atoms with E-state index >= 15 is 0 Å². The predicted octanol–water partition coefficient (Wildman–Crippen LogP) is 3.42. The molecular formula is C14H14ClNO2. The van der Waals surface area contributed by atoms with Crippen LogP contribution in [0.3, 0.4) is 0 Å². The highest BCUT2D eigenvalue weighted by Crippen LogP contribution is 2.23. The number of benzene rings is 1. The van der Waals surface area contributed by atoms with Gasteiger partial charge in [0.05, 0.1) is 17.3 Å². The molecule has 0 atom stereocenters. The van der Waals surface area contributed by atoms with E-state index in [-0.39, 0.29) is 0 Å². The Morgan fingerprint density at radius 3 is 2.83 bits per heavy atom. The summed E-state index contributed by atoms with van der Waals surface area (Å²) in [6.07, 6.45) is 3.56. The summed E-state index contributed by atoms with van der Waals surface area (Å²) in [6, 6.07) is 11.0. The lowest BCUT2D eigenvalue weighted by atomic mass is 10.3. The normalized spacial score (nSPS) is 10.3. The molecule has 2 rings (SSSR count). The molecule has 0 aliphatic heterocycles. The molecule has 94 valence electrons. The second kappa shape index (κ2) is 6.26. The maximum Gasteiger partial charge on any atom is 0.166 e. The molecule has 18 heavy (non-hydrogen) atoms. The van der Waals surface area contributed by atoms with Crippen LogP contribution in [0.25, 0.3) is 0 Å². The molecule has 1 aromatic heterocycles. The van der Waals surface area contributed by atoms with Crippen LogP contribution in [0.1, 0.15) is 16.9 Å². The minimum Gasteiger partial charge on any atom is -0.492 e. The molecule has 0 bridgehead atoms. The number of hydrogen-bond donors (Lipinski definition) is 0. The van der Waals surface area contributed by atoms with E-state index in [1.54, 1.807) is 12.1 Å². The Balaban J connectivity index is 1.80. The summed E-state index contributed by atoms with van der Waals surface area (Å²) in [5.41, 5.74) is 0.688. The standard InChI is InChI=1S/C14H14ClNO2/c15-13-6-1-2-7-14(13)18-10-4-9-16-8-3-5-12(16)11-17/h1-3,5-8,11H,4,9-10H2. The first-order valence-electron chi connectivity index (χ1n) is 5.79. The zero-order valence-electron chi connectivity index (χ0n) is 9.88. The summed E-state index contributed by atoms with van der Waals surface area (Å²) >= 11 is 5.97. The van der Waals surface area contributed by atoms with E-state index in [0.29, 0.717) is 23.1 Å². The number of aryl methyl sites for hydroxylation is 1. The van der Waals surface area contributed by atoms with Gasteiger partial charge in [0.15, 0.2) is 6.29 Å². The Morgan fingerprint density at radius 1 is 1.22 bits per heavy atom. The maximum absolute atomic E-state index is 10.7. The fourth-order valence-electron chi connectivity index (χ4n) is 1.72. The molecule has 4 heteroatoms. The summed E-state index contributed by atoms with van der Waals surface area (Å²) in [5.74, 6) is 0.697. The summed E-state index contributed by atoms with van der Waals surface area (Å²) < 4.78 is 7.48. The molecule has 0 amide bonds. The zero-order chi connectivity index (χ0) is 12.8. The lowest BCUT2D eigenvalue weighted by molar-refractivity contribution is 0.111. The number of aromatic nitrogens is 1. The Hall–Kier alpha value is -1.74. The van der Waals surface area contributed by atoms with E-state index in [2.05, 4.69) is 0 Å². The number of nitrogens with zero attached hydrogens (tertiary/aromatic N) is 1. The first kappa shape index (κ1) is 12.7. The lowest BCUT2D eigenvalue weighted by Gasteiger charge is -2.08. The lowest BCUT2D eigenvalue weighted by Crippen LogP contribution is -2.06. The van der Waals surface area contributed by atoms with Crippen LogP contribution in [0.15, 0.2) is 42.6 Å². The molecule has 0 saturated carbocycles. The van der Waals surface area contributed by atoms with Crippen molar-refractivity contribution in [1.29, 1.82) is 0 Å². The molecule has 0 spiro atoms. The maximum atomic E-state index is 10.7. The van der Waals surface area contributed by atoms with E-state index in [9.17, 15) is 4.79 Å². The van der Waals surface area contributed by atoms with Gasteiger partial charge < -0.3 is 9.30 Å². The number of hydrogen-bond acceptors (Lipinski definition) is 2. The summed E-state index contributed by atoms with van der Waals surface area (Å²) in [4.78, 5) is 10.7. The third-order valence-electron chi connectivity index (χ3n) is 2.62. The van der Waals surface area contributed by atoms with Gasteiger partial charge in [-0.3, -0.25) is 4.79 Å². The number of aldehydes is 1. The van der Waals surface area contributed by atoms with Gasteiger partial charge >= 0.3 is 0 Å². The molecule has 1 heterocycles. The number of halogens is 1. The van der Waals surface area contributed by atoms with Crippen molar-refractivity contribution in [3.8, 4) is 5.75 Å². The van der Waals surface area contributed by atoms with Crippen molar-refractivity contribution in [2.45, 2.75) is 13.0 Å². The highest BCUT2D eigenvalue weighted by Gasteiger charge is 2.01. The number of carbonyl (C=O) groups excluding carboxylic acids is 1. The van der Waals surface area contributed by atoms with Gasteiger partial charge in [-0.1, -0.05) is 23.7 Å². The van der Waals surface area contributed by atoms with Crippen LogP contribution in [0.4, 0.5) is 0 Å². The Labute approximate surface area is 111 Å². The largest absolute Gasteiger partial charge is 0.492 e. The molecule has 2 aromatic rings. The second-order valence-corrected chi connectivity index (χ2v) is 4.28. The third kappa shape index (κ3) is 3.14. The smallest absolute Gasteiger partial charge is 0.166 e. The number of rotatable bonds is 6.